The van der Waals surface area contributed by atoms with Gasteiger partial charge in [-0.25, -0.2) is 13.4 Å². The van der Waals surface area contributed by atoms with Gasteiger partial charge in [-0.1, -0.05) is 18.7 Å². The van der Waals surface area contributed by atoms with Crippen molar-refractivity contribution < 1.29 is 22.4 Å². The van der Waals surface area contributed by atoms with Gasteiger partial charge in [-0.3, -0.25) is 9.52 Å². The number of aromatic nitrogens is 1. The molecule has 2 aromatic carbocycles. The first-order chi connectivity index (χ1) is 15.3. The maximum absolute atomic E-state index is 12.8. The number of likely N-dealkylation sites (tertiary alicyclic amines) is 1. The Morgan fingerprint density at radius 3 is 2.62 bits per heavy atom. The molecule has 32 heavy (non-hydrogen) atoms. The van der Waals surface area contributed by atoms with E-state index in [1.807, 2.05) is 4.90 Å². The SMILES string of the molecule is COc1ccc(NS(=O)(=O)c2ccc3oc(SCC(=O)N4CCC(C)CC4)nc3c2)cc1. The van der Waals surface area contributed by atoms with Gasteiger partial charge >= 0.3 is 0 Å². The number of amides is 1. The van der Waals surface area contributed by atoms with E-state index in [1.54, 1.807) is 37.4 Å². The molecule has 0 radical (unpaired) electrons. The van der Waals surface area contributed by atoms with Gasteiger partial charge in [0, 0.05) is 18.8 Å². The molecule has 1 amide bonds. The Kier molecular flexibility index (Phi) is 6.61. The molecule has 2 heterocycles. The fraction of sp³-hybridized carbons (Fsp3) is 0.364. The highest BCUT2D eigenvalue weighted by Gasteiger charge is 2.21. The van der Waals surface area contributed by atoms with E-state index in [1.165, 1.54) is 23.9 Å². The van der Waals surface area contributed by atoms with Crippen molar-refractivity contribution in [2.75, 3.05) is 30.7 Å². The van der Waals surface area contributed by atoms with E-state index in [2.05, 4.69) is 16.6 Å². The monoisotopic (exact) mass is 475 g/mol. The summed E-state index contributed by atoms with van der Waals surface area (Å²) in [6, 6.07) is 11.1. The number of nitrogens with one attached hydrogen (secondary N) is 1. The van der Waals surface area contributed by atoms with Crippen molar-refractivity contribution in [3.05, 3.63) is 42.5 Å². The molecule has 0 unspecified atom stereocenters. The molecule has 1 fully saturated rings. The van der Waals surface area contributed by atoms with Gasteiger partial charge in [0.1, 0.15) is 11.3 Å². The minimum atomic E-state index is -3.80. The molecule has 1 saturated heterocycles. The molecule has 4 rings (SSSR count). The quantitative estimate of drug-likeness (QED) is 0.516. The number of anilines is 1. The van der Waals surface area contributed by atoms with Crippen LogP contribution in [0.1, 0.15) is 19.8 Å². The molecule has 8 nitrogen and oxygen atoms in total. The van der Waals surface area contributed by atoms with Crippen molar-refractivity contribution in [1.82, 2.24) is 9.88 Å². The first-order valence-corrected chi connectivity index (χ1v) is 12.8. The maximum Gasteiger partial charge on any atom is 0.261 e. The Bertz CT molecular complexity index is 1200. The lowest BCUT2D eigenvalue weighted by molar-refractivity contribution is -0.129. The van der Waals surface area contributed by atoms with Crippen LogP contribution in [0.25, 0.3) is 11.1 Å². The fourth-order valence-corrected chi connectivity index (χ4v) is 5.28. The summed E-state index contributed by atoms with van der Waals surface area (Å²) in [4.78, 5) is 18.7. The van der Waals surface area contributed by atoms with Gasteiger partial charge in [-0.2, -0.15) is 0 Å². The molecule has 0 aliphatic carbocycles. The van der Waals surface area contributed by atoms with E-state index in [4.69, 9.17) is 9.15 Å². The van der Waals surface area contributed by atoms with Crippen LogP contribution in [0.15, 0.2) is 57.0 Å². The number of hydrogen-bond donors (Lipinski definition) is 1. The maximum atomic E-state index is 12.8. The predicted octanol–water partition coefficient (Wildman–Crippen LogP) is 3.99. The number of carbonyl (C=O) groups is 1. The van der Waals surface area contributed by atoms with Gasteiger partial charge in [0.15, 0.2) is 5.58 Å². The van der Waals surface area contributed by atoms with Crippen LogP contribution in [0.2, 0.25) is 0 Å². The Morgan fingerprint density at radius 1 is 1.22 bits per heavy atom. The van der Waals surface area contributed by atoms with Crippen molar-refractivity contribution in [2.45, 2.75) is 29.9 Å². The number of nitrogens with zero attached hydrogens (tertiary/aromatic N) is 2. The molecule has 0 spiro atoms. The van der Waals surface area contributed by atoms with Crippen molar-refractivity contribution in [1.29, 1.82) is 0 Å². The largest absolute Gasteiger partial charge is 0.497 e. The Labute approximate surface area is 191 Å². The summed E-state index contributed by atoms with van der Waals surface area (Å²) >= 11 is 1.22. The molecule has 10 heteroatoms. The number of benzene rings is 2. The van der Waals surface area contributed by atoms with Gasteiger partial charge in [0.25, 0.3) is 15.2 Å². The number of fused-ring (bicyclic) bond motifs is 1. The number of methoxy groups -OCH3 is 1. The standard InChI is InChI=1S/C22H25N3O5S2/c1-15-9-11-25(12-10-15)21(26)14-31-22-23-19-13-18(7-8-20(19)30-22)32(27,28)24-16-3-5-17(29-2)6-4-16/h3-8,13,15,24H,9-12,14H2,1-2H3. The highest BCUT2D eigenvalue weighted by molar-refractivity contribution is 7.99. The summed E-state index contributed by atoms with van der Waals surface area (Å²) in [7, 11) is -2.26. The number of oxazole rings is 1. The van der Waals surface area contributed by atoms with E-state index in [0.29, 0.717) is 33.7 Å². The molecule has 1 aliphatic heterocycles. The molecule has 3 aromatic rings. The van der Waals surface area contributed by atoms with Crippen molar-refractivity contribution in [3.63, 3.8) is 0 Å². The van der Waals surface area contributed by atoms with Crippen molar-refractivity contribution in [3.8, 4) is 5.75 Å². The normalized spacial score (nSPS) is 15.1. The van der Waals surface area contributed by atoms with E-state index in [-0.39, 0.29) is 16.6 Å². The molecular weight excluding hydrogens is 450 g/mol. The Balaban J connectivity index is 1.43. The third-order valence-corrected chi connectivity index (χ3v) is 7.64. The summed E-state index contributed by atoms with van der Waals surface area (Å²) in [5.74, 6) is 1.60. The Hall–Kier alpha value is -2.72. The Morgan fingerprint density at radius 2 is 1.94 bits per heavy atom. The average molecular weight is 476 g/mol. The average Bonchev–Trinajstić information content (AvgIpc) is 3.20. The zero-order valence-electron chi connectivity index (χ0n) is 17.9. The van der Waals surface area contributed by atoms with E-state index in [0.717, 1.165) is 25.9 Å². The lowest BCUT2D eigenvalue weighted by Gasteiger charge is -2.30. The number of carbonyl (C=O) groups excluding carboxylic acids is 1. The molecule has 0 atom stereocenters. The number of rotatable bonds is 7. The first-order valence-electron chi connectivity index (χ1n) is 10.3. The van der Waals surface area contributed by atoms with Gasteiger partial charge < -0.3 is 14.1 Å². The highest BCUT2D eigenvalue weighted by atomic mass is 32.2. The third-order valence-electron chi connectivity index (χ3n) is 5.45. The fourth-order valence-electron chi connectivity index (χ4n) is 3.46. The number of ether oxygens (including phenoxy) is 1. The van der Waals surface area contributed by atoms with Crippen LogP contribution < -0.4 is 9.46 Å². The lowest BCUT2D eigenvalue weighted by atomic mass is 9.99. The van der Waals surface area contributed by atoms with Crippen molar-refractivity contribution >= 4 is 44.5 Å². The van der Waals surface area contributed by atoms with Crippen LogP contribution in [-0.2, 0) is 14.8 Å². The van der Waals surface area contributed by atoms with Gasteiger partial charge in [0.2, 0.25) is 5.91 Å². The number of piperidine rings is 1. The minimum absolute atomic E-state index is 0.0658. The first kappa shape index (κ1) is 22.5. The number of hydrogen-bond acceptors (Lipinski definition) is 7. The minimum Gasteiger partial charge on any atom is -0.497 e. The van der Waals surface area contributed by atoms with Crippen LogP contribution >= 0.6 is 11.8 Å². The van der Waals surface area contributed by atoms with Gasteiger partial charge in [0.05, 0.1) is 17.8 Å². The zero-order valence-corrected chi connectivity index (χ0v) is 19.5. The van der Waals surface area contributed by atoms with E-state index >= 15 is 0 Å². The van der Waals surface area contributed by atoms with Gasteiger partial charge in [-0.05, 0) is 61.2 Å². The molecule has 1 aliphatic rings. The van der Waals surface area contributed by atoms with Crippen LogP contribution in [0.3, 0.4) is 0 Å². The zero-order chi connectivity index (χ0) is 22.7. The summed E-state index contributed by atoms with van der Waals surface area (Å²) < 4.78 is 38.8. The second-order valence-electron chi connectivity index (χ2n) is 7.80. The van der Waals surface area contributed by atoms with Crippen LogP contribution in [0.4, 0.5) is 5.69 Å². The second-order valence-corrected chi connectivity index (χ2v) is 10.4. The number of thioether (sulfide) groups is 1. The molecule has 170 valence electrons. The molecule has 1 aromatic heterocycles. The molecule has 0 saturated carbocycles. The molecular formula is C22H25N3O5S2. The predicted molar refractivity (Wildman–Crippen MR) is 124 cm³/mol. The van der Waals surface area contributed by atoms with Crippen molar-refractivity contribution in [2.24, 2.45) is 5.92 Å². The topological polar surface area (TPSA) is 102 Å². The van der Waals surface area contributed by atoms with Crippen LogP contribution in [0, 0.1) is 5.92 Å². The second kappa shape index (κ2) is 9.41. The molecule has 0 bridgehead atoms. The summed E-state index contributed by atoms with van der Waals surface area (Å²) in [5, 5.41) is 0.344. The summed E-state index contributed by atoms with van der Waals surface area (Å²) in [6.45, 7) is 3.78. The van der Waals surface area contributed by atoms with Crippen LogP contribution in [-0.4, -0.2) is 50.2 Å². The molecule has 1 N–H and O–H groups in total. The highest BCUT2D eigenvalue weighted by Crippen LogP contribution is 2.27. The van der Waals surface area contributed by atoms with Crippen LogP contribution in [0.5, 0.6) is 5.75 Å². The van der Waals surface area contributed by atoms with E-state index < -0.39 is 10.0 Å². The summed E-state index contributed by atoms with van der Waals surface area (Å²) in [6.07, 6.45) is 2.06. The number of sulfonamides is 1. The van der Waals surface area contributed by atoms with E-state index in [9.17, 15) is 13.2 Å². The third kappa shape index (κ3) is 5.18. The lowest BCUT2D eigenvalue weighted by Crippen LogP contribution is -2.38. The smallest absolute Gasteiger partial charge is 0.261 e. The summed E-state index contributed by atoms with van der Waals surface area (Å²) in [5.41, 5.74) is 1.31. The van der Waals surface area contributed by atoms with Gasteiger partial charge in [-0.15, -0.1) is 0 Å².